The first kappa shape index (κ1) is 16.6. The number of fused-ring (bicyclic) bond motifs is 1. The van der Waals surface area contributed by atoms with Crippen LogP contribution in [0.1, 0.15) is 26.7 Å². The van der Waals surface area contributed by atoms with Crippen LogP contribution in [0.15, 0.2) is 29.3 Å². The van der Waals surface area contributed by atoms with Gasteiger partial charge in [0.2, 0.25) is 0 Å². The molecule has 0 amide bonds. The molecule has 1 saturated heterocycles. The molecule has 0 aliphatic carbocycles. The Morgan fingerprint density at radius 3 is 2.57 bits per heavy atom. The minimum Gasteiger partial charge on any atom is -0.298 e. The van der Waals surface area contributed by atoms with Gasteiger partial charge in [-0.1, -0.05) is 26.0 Å². The summed E-state index contributed by atoms with van der Waals surface area (Å²) in [7, 11) is 0. The van der Waals surface area contributed by atoms with Crippen LogP contribution in [-0.2, 0) is 0 Å². The largest absolute Gasteiger partial charge is 0.298 e. The van der Waals surface area contributed by atoms with Gasteiger partial charge in [-0.2, -0.15) is 4.99 Å². The molecular weight excluding hydrogens is 284 g/mol. The number of nitrogens with zero attached hydrogens (tertiary/aromatic N) is 4. The Bertz CT molecular complexity index is 524. The molecule has 2 aliphatic rings. The fourth-order valence-electron chi connectivity index (χ4n) is 3.84. The van der Waals surface area contributed by atoms with Crippen molar-refractivity contribution in [1.29, 1.82) is 0 Å². The highest BCUT2D eigenvalue weighted by Gasteiger charge is 2.36. The summed E-state index contributed by atoms with van der Waals surface area (Å²) in [6.07, 6.45) is 4.93. The monoisotopic (exact) mass is 315 g/mol. The summed E-state index contributed by atoms with van der Waals surface area (Å²) in [6.45, 7) is 13.9. The number of likely N-dealkylation sites (tertiary alicyclic amines) is 1. The van der Waals surface area contributed by atoms with E-state index in [2.05, 4.69) is 54.3 Å². The van der Waals surface area contributed by atoms with Gasteiger partial charge in [-0.25, -0.2) is 4.48 Å². The lowest BCUT2D eigenvalue weighted by Gasteiger charge is -2.34. The van der Waals surface area contributed by atoms with E-state index in [0.717, 1.165) is 42.9 Å². The van der Waals surface area contributed by atoms with Crippen molar-refractivity contribution in [2.45, 2.75) is 26.7 Å². The van der Waals surface area contributed by atoms with Crippen molar-refractivity contribution >= 4 is 17.7 Å². The van der Waals surface area contributed by atoms with E-state index < -0.39 is 0 Å². The van der Waals surface area contributed by atoms with Crippen LogP contribution in [0.3, 0.4) is 0 Å². The van der Waals surface area contributed by atoms with Gasteiger partial charge in [0.05, 0.1) is 0 Å². The van der Waals surface area contributed by atoms with E-state index >= 15 is 0 Å². The maximum absolute atomic E-state index is 4.74. The van der Waals surface area contributed by atoms with Crippen molar-refractivity contribution in [3.63, 3.8) is 0 Å². The lowest BCUT2D eigenvalue weighted by atomic mass is 10.2. The van der Waals surface area contributed by atoms with Gasteiger partial charge in [0.15, 0.2) is 12.0 Å². The van der Waals surface area contributed by atoms with Crippen LogP contribution >= 0.6 is 0 Å². The SMILES string of the molecule is CCN(CC)CC[N+]1(CCN2CCCC2)C=Nc2ccccc21. The summed E-state index contributed by atoms with van der Waals surface area (Å²) in [5.74, 6) is 0. The molecule has 3 rings (SSSR count). The number of hydrogen-bond donors (Lipinski definition) is 0. The number of para-hydroxylation sites is 2. The lowest BCUT2D eigenvalue weighted by Crippen LogP contribution is -2.54. The summed E-state index contributed by atoms with van der Waals surface area (Å²) in [5.41, 5.74) is 2.55. The Morgan fingerprint density at radius 2 is 1.83 bits per heavy atom. The lowest BCUT2D eigenvalue weighted by molar-refractivity contribution is 0.250. The number of likely N-dealkylation sites (N-methyl/N-ethyl adjacent to an activating group) is 1. The van der Waals surface area contributed by atoms with Crippen LogP contribution in [0.25, 0.3) is 0 Å². The van der Waals surface area contributed by atoms with Gasteiger partial charge in [-0.3, -0.25) is 9.80 Å². The maximum atomic E-state index is 4.74. The number of hydrogen-bond acceptors (Lipinski definition) is 3. The first-order valence-electron chi connectivity index (χ1n) is 9.23. The normalized spacial score (nSPS) is 23.8. The van der Waals surface area contributed by atoms with Crippen LogP contribution in [0.2, 0.25) is 0 Å². The third-order valence-electron chi connectivity index (χ3n) is 5.50. The van der Waals surface area contributed by atoms with E-state index in [-0.39, 0.29) is 0 Å². The van der Waals surface area contributed by atoms with Crippen molar-refractivity contribution in [2.75, 3.05) is 52.4 Å². The van der Waals surface area contributed by atoms with Crippen LogP contribution in [-0.4, -0.2) is 68.5 Å². The molecule has 0 N–H and O–H groups in total. The van der Waals surface area contributed by atoms with E-state index in [1.54, 1.807) is 0 Å². The molecule has 4 nitrogen and oxygen atoms in total. The third kappa shape index (κ3) is 3.65. The molecule has 1 atom stereocenters. The molecule has 0 saturated carbocycles. The van der Waals surface area contributed by atoms with Gasteiger partial charge in [0.25, 0.3) is 0 Å². The van der Waals surface area contributed by atoms with Crippen molar-refractivity contribution in [3.8, 4) is 0 Å². The molecule has 126 valence electrons. The number of quaternary nitrogens is 1. The fraction of sp³-hybridized carbons (Fsp3) is 0.632. The molecule has 2 aliphatic heterocycles. The van der Waals surface area contributed by atoms with Crippen molar-refractivity contribution < 1.29 is 0 Å². The molecule has 1 aromatic carbocycles. The number of rotatable bonds is 8. The quantitative estimate of drug-likeness (QED) is 0.687. The first-order chi connectivity index (χ1) is 11.3. The highest BCUT2D eigenvalue weighted by atomic mass is 15.4. The van der Waals surface area contributed by atoms with E-state index in [1.807, 2.05) is 0 Å². The zero-order valence-electron chi connectivity index (χ0n) is 14.7. The first-order valence-corrected chi connectivity index (χ1v) is 9.23. The summed E-state index contributed by atoms with van der Waals surface area (Å²) in [4.78, 5) is 9.87. The Morgan fingerprint density at radius 1 is 1.09 bits per heavy atom. The second-order valence-electron chi connectivity index (χ2n) is 6.79. The summed E-state index contributed by atoms with van der Waals surface area (Å²) < 4.78 is 0.920. The minimum atomic E-state index is 0.920. The van der Waals surface area contributed by atoms with Crippen LogP contribution in [0, 0.1) is 0 Å². The summed E-state index contributed by atoms with van der Waals surface area (Å²) >= 11 is 0. The zero-order valence-corrected chi connectivity index (χ0v) is 14.7. The molecule has 1 aromatic rings. The number of benzene rings is 1. The molecule has 1 fully saturated rings. The van der Waals surface area contributed by atoms with E-state index in [4.69, 9.17) is 4.99 Å². The van der Waals surface area contributed by atoms with Gasteiger partial charge in [0.1, 0.15) is 18.8 Å². The molecule has 0 spiro atoms. The predicted octanol–water partition coefficient (Wildman–Crippen LogP) is 3.10. The number of aliphatic imine (C=N–C) groups is 1. The van der Waals surface area contributed by atoms with E-state index in [1.165, 1.54) is 38.2 Å². The molecule has 0 bridgehead atoms. The van der Waals surface area contributed by atoms with Crippen molar-refractivity contribution in [1.82, 2.24) is 14.3 Å². The average molecular weight is 315 g/mol. The average Bonchev–Trinajstić information content (AvgIpc) is 3.23. The Balaban J connectivity index is 1.75. The second-order valence-corrected chi connectivity index (χ2v) is 6.79. The van der Waals surface area contributed by atoms with E-state index in [9.17, 15) is 0 Å². The Labute approximate surface area is 141 Å². The zero-order chi connectivity index (χ0) is 16.1. The minimum absolute atomic E-state index is 0.920. The van der Waals surface area contributed by atoms with Gasteiger partial charge in [-0.15, -0.1) is 0 Å². The molecule has 2 heterocycles. The topological polar surface area (TPSA) is 18.8 Å². The second kappa shape index (κ2) is 7.56. The smallest absolute Gasteiger partial charge is 0.195 e. The van der Waals surface area contributed by atoms with E-state index in [0.29, 0.717) is 0 Å². The van der Waals surface area contributed by atoms with Gasteiger partial charge >= 0.3 is 0 Å². The predicted molar refractivity (Wildman–Crippen MR) is 99.6 cm³/mol. The van der Waals surface area contributed by atoms with Crippen molar-refractivity contribution in [3.05, 3.63) is 24.3 Å². The molecule has 23 heavy (non-hydrogen) atoms. The highest BCUT2D eigenvalue weighted by molar-refractivity contribution is 5.88. The summed E-state index contributed by atoms with van der Waals surface area (Å²) in [5, 5.41) is 0. The van der Waals surface area contributed by atoms with Crippen LogP contribution in [0.5, 0.6) is 0 Å². The van der Waals surface area contributed by atoms with Crippen molar-refractivity contribution in [2.24, 2.45) is 4.99 Å². The molecule has 4 heteroatoms. The van der Waals surface area contributed by atoms with Gasteiger partial charge in [0, 0.05) is 19.2 Å². The molecule has 1 unspecified atom stereocenters. The summed E-state index contributed by atoms with van der Waals surface area (Å²) in [6, 6.07) is 8.68. The Hall–Kier alpha value is -1.23. The highest BCUT2D eigenvalue weighted by Crippen LogP contribution is 2.37. The third-order valence-corrected chi connectivity index (χ3v) is 5.50. The molecule has 0 radical (unpaired) electrons. The Kier molecular flexibility index (Phi) is 5.46. The maximum Gasteiger partial charge on any atom is 0.195 e. The standard InChI is InChI=1S/C19H31N4/c1-3-21(4-2)13-15-23(16-14-22-11-7-8-12-22)17-20-18-9-5-6-10-19(18)23/h5-6,9-10,17H,3-4,7-8,11-16H2,1-2H3/q+1. The van der Waals surface area contributed by atoms with Gasteiger partial charge in [-0.05, 0) is 45.1 Å². The molecular formula is C19H31N4+. The molecule has 0 aromatic heterocycles. The van der Waals surface area contributed by atoms with Crippen LogP contribution < -0.4 is 4.48 Å². The van der Waals surface area contributed by atoms with Crippen LogP contribution in [0.4, 0.5) is 11.4 Å². The fourth-order valence-corrected chi connectivity index (χ4v) is 3.84. The van der Waals surface area contributed by atoms with Gasteiger partial charge < -0.3 is 0 Å².